The molecule has 24 heavy (non-hydrogen) atoms. The summed E-state index contributed by atoms with van der Waals surface area (Å²) in [6.45, 7) is 12.3. The predicted octanol–water partition coefficient (Wildman–Crippen LogP) is 3.18. The van der Waals surface area contributed by atoms with E-state index in [0.29, 0.717) is 18.4 Å². The van der Waals surface area contributed by atoms with E-state index in [1.807, 2.05) is 24.3 Å². The van der Waals surface area contributed by atoms with Crippen LogP contribution >= 0.6 is 0 Å². The standard InChI is InChI=1S/C20H30N2O2/c1-15(2)13-22-11-9-20(23,10-12-22)17-7-5-16(6-8-17)18-21-19(3,4)14-24-18/h5-8,15,23H,9-14H2,1-4H3. The summed E-state index contributed by atoms with van der Waals surface area (Å²) in [6, 6.07) is 8.11. The fourth-order valence-corrected chi connectivity index (χ4v) is 3.57. The minimum Gasteiger partial charge on any atom is -0.475 e. The van der Waals surface area contributed by atoms with Crippen molar-refractivity contribution in [1.29, 1.82) is 0 Å². The molecule has 0 spiro atoms. The Labute approximate surface area is 145 Å². The van der Waals surface area contributed by atoms with Gasteiger partial charge in [-0.15, -0.1) is 0 Å². The van der Waals surface area contributed by atoms with Gasteiger partial charge in [-0.25, -0.2) is 4.99 Å². The van der Waals surface area contributed by atoms with Gasteiger partial charge in [0.2, 0.25) is 5.90 Å². The van der Waals surface area contributed by atoms with Crippen LogP contribution in [0.1, 0.15) is 51.7 Å². The molecule has 0 aromatic heterocycles. The fraction of sp³-hybridized carbons (Fsp3) is 0.650. The maximum atomic E-state index is 11.0. The Balaban J connectivity index is 1.68. The summed E-state index contributed by atoms with van der Waals surface area (Å²) in [7, 11) is 0. The molecular weight excluding hydrogens is 300 g/mol. The Morgan fingerprint density at radius 3 is 2.29 bits per heavy atom. The molecule has 0 aliphatic carbocycles. The van der Waals surface area contributed by atoms with E-state index in [-0.39, 0.29) is 5.54 Å². The summed E-state index contributed by atoms with van der Waals surface area (Å²) in [6.07, 6.45) is 1.59. The molecule has 1 aromatic carbocycles. The Hall–Kier alpha value is -1.39. The van der Waals surface area contributed by atoms with Crippen LogP contribution in [-0.2, 0) is 10.3 Å². The molecule has 0 radical (unpaired) electrons. The van der Waals surface area contributed by atoms with Crippen LogP contribution in [0.3, 0.4) is 0 Å². The van der Waals surface area contributed by atoms with Gasteiger partial charge in [-0.2, -0.15) is 0 Å². The maximum absolute atomic E-state index is 11.0. The second-order valence-electron chi connectivity index (χ2n) is 8.32. The van der Waals surface area contributed by atoms with E-state index in [0.717, 1.165) is 43.6 Å². The molecular formula is C20H30N2O2. The van der Waals surface area contributed by atoms with Crippen molar-refractivity contribution >= 4 is 5.90 Å². The van der Waals surface area contributed by atoms with Gasteiger partial charge in [-0.05, 0) is 50.3 Å². The van der Waals surface area contributed by atoms with Gasteiger partial charge in [0.05, 0.1) is 11.1 Å². The Morgan fingerprint density at radius 1 is 1.17 bits per heavy atom. The zero-order valence-corrected chi connectivity index (χ0v) is 15.4. The second-order valence-corrected chi connectivity index (χ2v) is 8.32. The first kappa shape index (κ1) is 17.4. The number of aliphatic hydroxyl groups is 1. The van der Waals surface area contributed by atoms with Crippen LogP contribution in [-0.4, -0.2) is 47.7 Å². The van der Waals surface area contributed by atoms with E-state index in [4.69, 9.17) is 4.74 Å². The average molecular weight is 330 g/mol. The smallest absolute Gasteiger partial charge is 0.216 e. The molecule has 1 fully saturated rings. The summed E-state index contributed by atoms with van der Waals surface area (Å²) in [4.78, 5) is 7.07. The van der Waals surface area contributed by atoms with Crippen LogP contribution in [0, 0.1) is 5.92 Å². The maximum Gasteiger partial charge on any atom is 0.216 e. The van der Waals surface area contributed by atoms with Crippen molar-refractivity contribution in [2.24, 2.45) is 10.9 Å². The monoisotopic (exact) mass is 330 g/mol. The third kappa shape index (κ3) is 3.81. The summed E-state index contributed by atoms with van der Waals surface area (Å²) < 4.78 is 5.70. The third-order valence-electron chi connectivity index (χ3n) is 4.94. The summed E-state index contributed by atoms with van der Waals surface area (Å²) >= 11 is 0. The van der Waals surface area contributed by atoms with E-state index in [2.05, 4.69) is 37.6 Å². The highest BCUT2D eigenvalue weighted by atomic mass is 16.5. The van der Waals surface area contributed by atoms with E-state index in [9.17, 15) is 5.11 Å². The summed E-state index contributed by atoms with van der Waals surface area (Å²) in [5.74, 6) is 1.39. The largest absolute Gasteiger partial charge is 0.475 e. The van der Waals surface area contributed by atoms with Crippen LogP contribution in [0.15, 0.2) is 29.3 Å². The SMILES string of the molecule is CC(C)CN1CCC(O)(c2ccc(C3=NC(C)(C)CO3)cc2)CC1. The molecule has 0 bridgehead atoms. The van der Waals surface area contributed by atoms with Crippen molar-refractivity contribution in [1.82, 2.24) is 4.90 Å². The van der Waals surface area contributed by atoms with Gasteiger partial charge in [0.15, 0.2) is 0 Å². The highest BCUT2D eigenvalue weighted by molar-refractivity contribution is 5.95. The molecule has 2 aliphatic rings. The molecule has 2 aliphatic heterocycles. The Bertz CT molecular complexity index is 597. The Kier molecular flexibility index (Phi) is 4.71. The predicted molar refractivity (Wildman–Crippen MR) is 97.4 cm³/mol. The quantitative estimate of drug-likeness (QED) is 0.922. The number of benzene rings is 1. The number of hydrogen-bond donors (Lipinski definition) is 1. The number of rotatable bonds is 4. The van der Waals surface area contributed by atoms with Gasteiger partial charge in [0.1, 0.15) is 6.61 Å². The normalized spacial score (nSPS) is 23.2. The lowest BCUT2D eigenvalue weighted by Crippen LogP contribution is -2.43. The van der Waals surface area contributed by atoms with Crippen LogP contribution in [0.25, 0.3) is 0 Å². The molecule has 1 N–H and O–H groups in total. The minimum absolute atomic E-state index is 0.143. The molecule has 4 nitrogen and oxygen atoms in total. The first-order valence-corrected chi connectivity index (χ1v) is 9.06. The molecule has 0 amide bonds. The van der Waals surface area contributed by atoms with Crippen molar-refractivity contribution in [3.05, 3.63) is 35.4 Å². The molecule has 0 unspecified atom stereocenters. The molecule has 1 aromatic rings. The highest BCUT2D eigenvalue weighted by Gasteiger charge is 2.34. The van der Waals surface area contributed by atoms with Crippen molar-refractivity contribution in [3.8, 4) is 0 Å². The average Bonchev–Trinajstić information content (AvgIpc) is 2.90. The number of nitrogens with zero attached hydrogens (tertiary/aromatic N) is 2. The number of ether oxygens (including phenoxy) is 1. The lowest BCUT2D eigenvalue weighted by atomic mass is 9.84. The van der Waals surface area contributed by atoms with E-state index < -0.39 is 5.60 Å². The van der Waals surface area contributed by atoms with E-state index >= 15 is 0 Å². The molecule has 4 heteroatoms. The minimum atomic E-state index is -0.705. The topological polar surface area (TPSA) is 45.1 Å². The number of aliphatic imine (C=N–C) groups is 1. The van der Waals surface area contributed by atoms with Gasteiger partial charge in [-0.3, -0.25) is 0 Å². The summed E-state index contributed by atoms with van der Waals surface area (Å²) in [5, 5.41) is 11.0. The van der Waals surface area contributed by atoms with Crippen LogP contribution in [0.2, 0.25) is 0 Å². The van der Waals surface area contributed by atoms with Crippen molar-refractivity contribution in [3.63, 3.8) is 0 Å². The Morgan fingerprint density at radius 2 is 1.79 bits per heavy atom. The van der Waals surface area contributed by atoms with Crippen LogP contribution in [0.4, 0.5) is 0 Å². The first-order chi connectivity index (χ1) is 11.3. The van der Waals surface area contributed by atoms with E-state index in [1.54, 1.807) is 0 Å². The summed E-state index contributed by atoms with van der Waals surface area (Å²) in [5.41, 5.74) is 1.15. The molecule has 3 rings (SSSR count). The highest BCUT2D eigenvalue weighted by Crippen LogP contribution is 2.33. The van der Waals surface area contributed by atoms with Gasteiger partial charge in [0, 0.05) is 25.2 Å². The lowest BCUT2D eigenvalue weighted by Gasteiger charge is -2.39. The lowest BCUT2D eigenvalue weighted by molar-refractivity contribution is -0.0279. The second kappa shape index (κ2) is 6.49. The van der Waals surface area contributed by atoms with Crippen LogP contribution in [0.5, 0.6) is 0 Å². The third-order valence-corrected chi connectivity index (χ3v) is 4.94. The van der Waals surface area contributed by atoms with Crippen molar-refractivity contribution < 1.29 is 9.84 Å². The van der Waals surface area contributed by atoms with Crippen molar-refractivity contribution in [2.75, 3.05) is 26.2 Å². The van der Waals surface area contributed by atoms with E-state index in [1.165, 1.54) is 0 Å². The number of hydrogen-bond acceptors (Lipinski definition) is 4. The molecule has 0 saturated carbocycles. The van der Waals surface area contributed by atoms with Gasteiger partial charge >= 0.3 is 0 Å². The van der Waals surface area contributed by atoms with Gasteiger partial charge in [-0.1, -0.05) is 26.0 Å². The van der Waals surface area contributed by atoms with Crippen molar-refractivity contribution in [2.45, 2.75) is 51.7 Å². The molecule has 1 saturated heterocycles. The molecule has 0 atom stereocenters. The fourth-order valence-electron chi connectivity index (χ4n) is 3.57. The number of piperidine rings is 1. The van der Waals surface area contributed by atoms with Gasteiger partial charge < -0.3 is 14.7 Å². The van der Waals surface area contributed by atoms with Gasteiger partial charge in [0.25, 0.3) is 0 Å². The number of likely N-dealkylation sites (tertiary alicyclic amines) is 1. The zero-order chi connectivity index (χ0) is 17.4. The molecule has 132 valence electrons. The first-order valence-electron chi connectivity index (χ1n) is 9.06. The van der Waals surface area contributed by atoms with Crippen LogP contribution < -0.4 is 0 Å². The molecule has 2 heterocycles. The zero-order valence-electron chi connectivity index (χ0n) is 15.4.